The molecule has 0 aromatic heterocycles. The minimum absolute atomic E-state index is 0.373. The summed E-state index contributed by atoms with van der Waals surface area (Å²) in [5, 5.41) is 3.98. The van der Waals surface area contributed by atoms with E-state index in [9.17, 15) is 0 Å². The van der Waals surface area contributed by atoms with Crippen LogP contribution in [0.5, 0.6) is 0 Å². The molecule has 2 nitrogen and oxygen atoms in total. The Labute approximate surface area is 79.8 Å². The predicted octanol–water partition coefficient (Wildman–Crippen LogP) is 2.47. The van der Waals surface area contributed by atoms with Crippen LogP contribution in [0.25, 0.3) is 0 Å². The molecule has 1 heterocycles. The minimum atomic E-state index is 0.373. The van der Waals surface area contributed by atoms with Crippen LogP contribution < -0.4 is 5.43 Å². The zero-order valence-corrected chi connectivity index (χ0v) is 8.08. The molecule has 1 aromatic rings. The Morgan fingerprint density at radius 3 is 2.67 bits per heavy atom. The van der Waals surface area contributed by atoms with Crippen molar-refractivity contribution in [1.29, 1.82) is 0 Å². The summed E-state index contributed by atoms with van der Waals surface area (Å²) in [7, 11) is 0. The molecular formula is C9H9BrN2. The topological polar surface area (TPSA) is 24.4 Å². The Morgan fingerprint density at radius 2 is 2.08 bits per heavy atom. The first-order chi connectivity index (χ1) is 5.86. The first-order valence-corrected chi connectivity index (χ1v) is 4.68. The van der Waals surface area contributed by atoms with Gasteiger partial charge in [-0.2, -0.15) is 5.10 Å². The van der Waals surface area contributed by atoms with E-state index in [0.717, 1.165) is 10.9 Å². The van der Waals surface area contributed by atoms with Crippen LogP contribution in [-0.2, 0) is 0 Å². The quantitative estimate of drug-likeness (QED) is 0.779. The molecule has 12 heavy (non-hydrogen) atoms. The molecule has 0 spiro atoms. The number of hydrazone groups is 1. The summed E-state index contributed by atoms with van der Waals surface area (Å²) in [6, 6.07) is 8.69. The highest BCUT2D eigenvalue weighted by Crippen LogP contribution is 2.20. The summed E-state index contributed by atoms with van der Waals surface area (Å²) >= 11 is 3.40. The lowest BCUT2D eigenvalue weighted by atomic mass is 10.1. The van der Waals surface area contributed by atoms with Crippen LogP contribution >= 0.6 is 15.9 Å². The summed E-state index contributed by atoms with van der Waals surface area (Å²) in [5.41, 5.74) is 4.33. The molecule has 0 radical (unpaired) electrons. The van der Waals surface area contributed by atoms with Gasteiger partial charge in [-0.15, -0.1) is 0 Å². The van der Waals surface area contributed by atoms with Crippen LogP contribution in [0.1, 0.15) is 18.0 Å². The van der Waals surface area contributed by atoms with Crippen LogP contribution in [0, 0.1) is 0 Å². The standard InChI is InChI=1S/C9H9BrN2/c10-8-3-1-7(2-4-8)9-5-6-11-12-9/h1-4,6,9,12H,5H2. The van der Waals surface area contributed by atoms with Crippen molar-refractivity contribution in [2.24, 2.45) is 5.10 Å². The van der Waals surface area contributed by atoms with Gasteiger partial charge in [-0.25, -0.2) is 0 Å². The third kappa shape index (κ3) is 1.50. The fraction of sp³-hybridized carbons (Fsp3) is 0.222. The summed E-state index contributed by atoms with van der Waals surface area (Å²) in [6.45, 7) is 0. The van der Waals surface area contributed by atoms with E-state index in [-0.39, 0.29) is 0 Å². The molecule has 0 saturated carbocycles. The lowest BCUT2D eigenvalue weighted by molar-refractivity contribution is 0.620. The Morgan fingerprint density at radius 1 is 1.33 bits per heavy atom. The second-order valence-corrected chi connectivity index (χ2v) is 3.70. The van der Waals surface area contributed by atoms with E-state index in [1.807, 2.05) is 6.21 Å². The number of nitrogens with one attached hydrogen (secondary N) is 1. The molecule has 1 aliphatic rings. The largest absolute Gasteiger partial charge is 0.303 e. The van der Waals surface area contributed by atoms with E-state index in [1.165, 1.54) is 5.56 Å². The minimum Gasteiger partial charge on any atom is -0.303 e. The van der Waals surface area contributed by atoms with Crippen molar-refractivity contribution in [1.82, 2.24) is 5.43 Å². The zero-order chi connectivity index (χ0) is 8.39. The van der Waals surface area contributed by atoms with Crippen molar-refractivity contribution in [2.45, 2.75) is 12.5 Å². The summed E-state index contributed by atoms with van der Waals surface area (Å²) < 4.78 is 1.12. The van der Waals surface area contributed by atoms with Gasteiger partial charge in [0.2, 0.25) is 0 Å². The predicted molar refractivity (Wildman–Crippen MR) is 53.1 cm³/mol. The van der Waals surface area contributed by atoms with Crippen molar-refractivity contribution < 1.29 is 0 Å². The number of hydrogen-bond acceptors (Lipinski definition) is 2. The van der Waals surface area contributed by atoms with Crippen LogP contribution in [0.4, 0.5) is 0 Å². The van der Waals surface area contributed by atoms with Gasteiger partial charge in [0.15, 0.2) is 0 Å². The Balaban J connectivity index is 2.18. The van der Waals surface area contributed by atoms with Gasteiger partial charge in [-0.3, -0.25) is 0 Å². The second kappa shape index (κ2) is 3.27. The molecule has 0 fully saturated rings. The molecule has 62 valence electrons. The molecule has 1 unspecified atom stereocenters. The first kappa shape index (κ1) is 7.80. The van der Waals surface area contributed by atoms with E-state index < -0.39 is 0 Å². The number of nitrogens with zero attached hydrogens (tertiary/aromatic N) is 1. The summed E-state index contributed by atoms with van der Waals surface area (Å²) in [6.07, 6.45) is 2.90. The first-order valence-electron chi connectivity index (χ1n) is 3.89. The molecule has 0 saturated heterocycles. The van der Waals surface area contributed by atoms with Crippen LogP contribution in [-0.4, -0.2) is 6.21 Å². The molecule has 1 N–H and O–H groups in total. The molecule has 2 rings (SSSR count). The third-order valence-electron chi connectivity index (χ3n) is 1.94. The number of halogens is 1. The fourth-order valence-corrected chi connectivity index (χ4v) is 1.52. The maximum absolute atomic E-state index is 3.98. The second-order valence-electron chi connectivity index (χ2n) is 2.78. The van der Waals surface area contributed by atoms with Crippen LogP contribution in [0.3, 0.4) is 0 Å². The molecule has 1 aliphatic heterocycles. The highest BCUT2D eigenvalue weighted by Gasteiger charge is 2.11. The Hall–Kier alpha value is -0.830. The van der Waals surface area contributed by atoms with E-state index in [2.05, 4.69) is 50.7 Å². The fourth-order valence-electron chi connectivity index (χ4n) is 1.26. The van der Waals surface area contributed by atoms with E-state index in [4.69, 9.17) is 0 Å². The monoisotopic (exact) mass is 224 g/mol. The van der Waals surface area contributed by atoms with Gasteiger partial charge >= 0.3 is 0 Å². The summed E-state index contributed by atoms with van der Waals surface area (Å²) in [4.78, 5) is 0. The molecule has 0 amide bonds. The lowest BCUT2D eigenvalue weighted by Gasteiger charge is -2.08. The Kier molecular flexibility index (Phi) is 2.13. The third-order valence-corrected chi connectivity index (χ3v) is 2.46. The molecule has 1 atom stereocenters. The number of rotatable bonds is 1. The van der Waals surface area contributed by atoms with Crippen molar-refractivity contribution >= 4 is 22.1 Å². The average Bonchev–Trinajstić information content (AvgIpc) is 2.58. The van der Waals surface area contributed by atoms with Crippen molar-refractivity contribution in [3.63, 3.8) is 0 Å². The smallest absolute Gasteiger partial charge is 0.0739 e. The highest BCUT2D eigenvalue weighted by atomic mass is 79.9. The van der Waals surface area contributed by atoms with Crippen LogP contribution in [0.2, 0.25) is 0 Å². The van der Waals surface area contributed by atoms with Gasteiger partial charge in [0.05, 0.1) is 6.04 Å². The zero-order valence-electron chi connectivity index (χ0n) is 6.50. The van der Waals surface area contributed by atoms with Crippen LogP contribution in [0.15, 0.2) is 33.8 Å². The van der Waals surface area contributed by atoms with Crippen molar-refractivity contribution in [3.8, 4) is 0 Å². The maximum Gasteiger partial charge on any atom is 0.0739 e. The molecule has 3 heteroatoms. The molecule has 1 aromatic carbocycles. The SMILES string of the molecule is Brc1ccc(C2CC=NN2)cc1. The van der Waals surface area contributed by atoms with Gasteiger partial charge in [-0.1, -0.05) is 28.1 Å². The van der Waals surface area contributed by atoms with Gasteiger partial charge < -0.3 is 5.43 Å². The van der Waals surface area contributed by atoms with Crippen molar-refractivity contribution in [3.05, 3.63) is 34.3 Å². The van der Waals surface area contributed by atoms with E-state index >= 15 is 0 Å². The number of hydrogen-bond donors (Lipinski definition) is 1. The average molecular weight is 225 g/mol. The highest BCUT2D eigenvalue weighted by molar-refractivity contribution is 9.10. The van der Waals surface area contributed by atoms with Crippen molar-refractivity contribution in [2.75, 3.05) is 0 Å². The van der Waals surface area contributed by atoms with Gasteiger partial charge in [0.25, 0.3) is 0 Å². The number of benzene rings is 1. The van der Waals surface area contributed by atoms with Gasteiger partial charge in [-0.05, 0) is 17.7 Å². The molecule has 0 aliphatic carbocycles. The van der Waals surface area contributed by atoms with E-state index in [0.29, 0.717) is 6.04 Å². The maximum atomic E-state index is 3.98. The molecular weight excluding hydrogens is 216 g/mol. The lowest BCUT2D eigenvalue weighted by Crippen LogP contribution is -2.08. The molecule has 0 bridgehead atoms. The van der Waals surface area contributed by atoms with E-state index in [1.54, 1.807) is 0 Å². The Bertz CT molecular complexity index is 284. The summed E-state index contributed by atoms with van der Waals surface area (Å²) in [5.74, 6) is 0. The normalized spacial score (nSPS) is 20.9. The van der Waals surface area contributed by atoms with Gasteiger partial charge in [0, 0.05) is 17.1 Å². The van der Waals surface area contributed by atoms with Gasteiger partial charge in [0.1, 0.15) is 0 Å².